The molecule has 0 aliphatic carbocycles. The molecule has 2 amide bonds. The SMILES string of the molecule is CC(CNC(=O)NCCCn1cccn1)N1CCc2sccc2C1. The third-order valence-corrected chi connectivity index (χ3v) is 5.45. The summed E-state index contributed by atoms with van der Waals surface area (Å²) in [6.07, 6.45) is 5.69. The number of aromatic nitrogens is 2. The molecule has 130 valence electrons. The number of urea groups is 1. The van der Waals surface area contributed by atoms with Crippen molar-refractivity contribution in [2.24, 2.45) is 0 Å². The Bertz CT molecular complexity index is 639. The van der Waals surface area contributed by atoms with Crippen LogP contribution in [0.25, 0.3) is 0 Å². The molecule has 0 fully saturated rings. The lowest BCUT2D eigenvalue weighted by Crippen LogP contribution is -2.46. The van der Waals surface area contributed by atoms with Crippen LogP contribution in [-0.2, 0) is 19.5 Å². The van der Waals surface area contributed by atoms with Gasteiger partial charge in [-0.1, -0.05) is 0 Å². The molecule has 3 rings (SSSR count). The van der Waals surface area contributed by atoms with Crippen molar-refractivity contribution in [3.05, 3.63) is 40.3 Å². The molecule has 1 aliphatic rings. The Morgan fingerprint density at radius 2 is 2.38 bits per heavy atom. The van der Waals surface area contributed by atoms with Crippen LogP contribution >= 0.6 is 11.3 Å². The van der Waals surface area contributed by atoms with Crippen LogP contribution < -0.4 is 10.6 Å². The zero-order valence-electron chi connectivity index (χ0n) is 14.1. The lowest BCUT2D eigenvalue weighted by molar-refractivity contribution is 0.186. The molecule has 2 aromatic rings. The molecule has 6 nitrogen and oxygen atoms in total. The second-order valence-electron chi connectivity index (χ2n) is 6.20. The molecule has 0 spiro atoms. The average Bonchev–Trinajstić information content (AvgIpc) is 3.27. The van der Waals surface area contributed by atoms with Crippen LogP contribution in [0.3, 0.4) is 0 Å². The van der Waals surface area contributed by atoms with E-state index in [1.165, 1.54) is 10.4 Å². The molecule has 1 aliphatic heterocycles. The molecule has 7 heteroatoms. The highest BCUT2D eigenvalue weighted by Crippen LogP contribution is 2.24. The van der Waals surface area contributed by atoms with Gasteiger partial charge in [0.15, 0.2) is 0 Å². The second-order valence-corrected chi connectivity index (χ2v) is 7.20. The predicted octanol–water partition coefficient (Wildman–Crippen LogP) is 2.08. The van der Waals surface area contributed by atoms with Crippen molar-refractivity contribution in [3.63, 3.8) is 0 Å². The van der Waals surface area contributed by atoms with Gasteiger partial charge < -0.3 is 10.6 Å². The highest BCUT2D eigenvalue weighted by Gasteiger charge is 2.21. The smallest absolute Gasteiger partial charge is 0.314 e. The van der Waals surface area contributed by atoms with E-state index in [2.05, 4.69) is 39.0 Å². The van der Waals surface area contributed by atoms with E-state index in [1.807, 2.05) is 28.3 Å². The summed E-state index contributed by atoms with van der Waals surface area (Å²) in [5.41, 5.74) is 1.45. The van der Waals surface area contributed by atoms with E-state index >= 15 is 0 Å². The standard InChI is InChI=1S/C17H25N5OS/c1-14(21-10-4-16-15(13-21)5-11-24-16)12-19-17(23)18-6-2-8-22-9-3-7-20-22/h3,5,7,9,11,14H,2,4,6,8,10,12-13H2,1H3,(H2,18,19,23). The zero-order chi connectivity index (χ0) is 16.8. The Morgan fingerprint density at radius 3 is 3.21 bits per heavy atom. The molecule has 1 unspecified atom stereocenters. The highest BCUT2D eigenvalue weighted by molar-refractivity contribution is 7.10. The fourth-order valence-electron chi connectivity index (χ4n) is 2.95. The Balaban J connectivity index is 1.31. The maximum atomic E-state index is 11.9. The van der Waals surface area contributed by atoms with Gasteiger partial charge in [0.25, 0.3) is 0 Å². The highest BCUT2D eigenvalue weighted by atomic mass is 32.1. The fraction of sp³-hybridized carbons (Fsp3) is 0.529. The van der Waals surface area contributed by atoms with Crippen molar-refractivity contribution in [1.29, 1.82) is 0 Å². The van der Waals surface area contributed by atoms with E-state index in [0.29, 0.717) is 19.1 Å². The Labute approximate surface area is 146 Å². The minimum atomic E-state index is -0.0875. The predicted molar refractivity (Wildman–Crippen MR) is 96.1 cm³/mol. The fourth-order valence-corrected chi connectivity index (χ4v) is 3.84. The van der Waals surface area contributed by atoms with Crippen LogP contribution in [0, 0.1) is 0 Å². The van der Waals surface area contributed by atoms with Gasteiger partial charge in [0.2, 0.25) is 0 Å². The number of hydrogen-bond acceptors (Lipinski definition) is 4. The van der Waals surface area contributed by atoms with Gasteiger partial charge in [-0.25, -0.2) is 4.79 Å². The molecule has 3 heterocycles. The Hall–Kier alpha value is -1.86. The van der Waals surface area contributed by atoms with Gasteiger partial charge in [0.1, 0.15) is 0 Å². The maximum Gasteiger partial charge on any atom is 0.314 e. The van der Waals surface area contributed by atoms with E-state index in [4.69, 9.17) is 0 Å². The number of rotatable bonds is 7. The minimum Gasteiger partial charge on any atom is -0.338 e. The number of fused-ring (bicyclic) bond motifs is 1. The van der Waals surface area contributed by atoms with Gasteiger partial charge >= 0.3 is 6.03 Å². The number of nitrogens with one attached hydrogen (secondary N) is 2. The number of amides is 2. The molecule has 0 bridgehead atoms. The summed E-state index contributed by atoms with van der Waals surface area (Å²) < 4.78 is 1.87. The van der Waals surface area contributed by atoms with Gasteiger partial charge in [-0.15, -0.1) is 11.3 Å². The van der Waals surface area contributed by atoms with Crippen molar-refractivity contribution in [3.8, 4) is 0 Å². The summed E-state index contributed by atoms with van der Waals surface area (Å²) in [6, 6.07) is 4.38. The zero-order valence-corrected chi connectivity index (χ0v) is 14.9. The first-order valence-electron chi connectivity index (χ1n) is 8.51. The monoisotopic (exact) mass is 347 g/mol. The Kier molecular flexibility index (Phi) is 5.87. The van der Waals surface area contributed by atoms with Crippen molar-refractivity contribution in [2.75, 3.05) is 19.6 Å². The largest absolute Gasteiger partial charge is 0.338 e. The van der Waals surface area contributed by atoms with Gasteiger partial charge in [0, 0.05) is 56.0 Å². The molecule has 0 saturated heterocycles. The van der Waals surface area contributed by atoms with Gasteiger partial charge in [0.05, 0.1) is 0 Å². The summed E-state index contributed by atoms with van der Waals surface area (Å²) >= 11 is 1.85. The molecule has 1 atom stereocenters. The molecule has 0 saturated carbocycles. The van der Waals surface area contributed by atoms with E-state index < -0.39 is 0 Å². The van der Waals surface area contributed by atoms with Gasteiger partial charge in [-0.3, -0.25) is 9.58 Å². The minimum absolute atomic E-state index is 0.0875. The molecular formula is C17H25N5OS. The molecule has 2 N–H and O–H groups in total. The van der Waals surface area contributed by atoms with E-state index in [9.17, 15) is 4.79 Å². The lowest BCUT2D eigenvalue weighted by Gasteiger charge is -2.32. The van der Waals surface area contributed by atoms with Crippen LogP contribution in [0.4, 0.5) is 4.79 Å². The van der Waals surface area contributed by atoms with E-state index in [1.54, 1.807) is 6.20 Å². The number of nitrogens with zero attached hydrogens (tertiary/aromatic N) is 3. The number of thiophene rings is 1. The van der Waals surface area contributed by atoms with Crippen LogP contribution in [-0.4, -0.2) is 46.4 Å². The molecule has 0 aromatic carbocycles. The topological polar surface area (TPSA) is 62.2 Å². The van der Waals surface area contributed by atoms with Crippen LogP contribution in [0.1, 0.15) is 23.8 Å². The van der Waals surface area contributed by atoms with Crippen molar-refractivity contribution >= 4 is 17.4 Å². The number of aryl methyl sites for hydroxylation is 1. The molecular weight excluding hydrogens is 322 g/mol. The average molecular weight is 347 g/mol. The van der Waals surface area contributed by atoms with Crippen molar-refractivity contribution < 1.29 is 4.79 Å². The first-order chi connectivity index (χ1) is 11.7. The second kappa shape index (κ2) is 8.30. The Morgan fingerprint density at radius 1 is 1.46 bits per heavy atom. The normalized spacial score (nSPS) is 15.7. The van der Waals surface area contributed by atoms with Crippen LogP contribution in [0.15, 0.2) is 29.9 Å². The molecule has 0 radical (unpaired) electrons. The van der Waals surface area contributed by atoms with Crippen LogP contribution in [0.5, 0.6) is 0 Å². The summed E-state index contributed by atoms with van der Waals surface area (Å²) in [6.45, 7) is 6.39. The summed E-state index contributed by atoms with van der Waals surface area (Å²) in [4.78, 5) is 15.8. The first kappa shape index (κ1) is 17.0. The van der Waals surface area contributed by atoms with Gasteiger partial charge in [-0.05, 0) is 42.8 Å². The number of carbonyl (C=O) groups excluding carboxylic acids is 1. The summed E-state index contributed by atoms with van der Waals surface area (Å²) in [5, 5.41) is 12.2. The summed E-state index contributed by atoms with van der Waals surface area (Å²) in [7, 11) is 0. The summed E-state index contributed by atoms with van der Waals surface area (Å²) in [5.74, 6) is 0. The quantitative estimate of drug-likeness (QED) is 0.754. The number of hydrogen-bond donors (Lipinski definition) is 2. The third kappa shape index (κ3) is 4.58. The van der Waals surface area contributed by atoms with Crippen molar-refractivity contribution in [1.82, 2.24) is 25.3 Å². The molecule has 24 heavy (non-hydrogen) atoms. The number of carbonyl (C=O) groups is 1. The molecule has 2 aromatic heterocycles. The van der Waals surface area contributed by atoms with E-state index in [0.717, 1.165) is 32.5 Å². The van der Waals surface area contributed by atoms with E-state index in [-0.39, 0.29) is 6.03 Å². The van der Waals surface area contributed by atoms with Crippen molar-refractivity contribution in [2.45, 2.75) is 38.9 Å². The first-order valence-corrected chi connectivity index (χ1v) is 9.39. The maximum absolute atomic E-state index is 11.9. The third-order valence-electron chi connectivity index (χ3n) is 4.43. The lowest BCUT2D eigenvalue weighted by atomic mass is 10.1. The van der Waals surface area contributed by atoms with Crippen LogP contribution in [0.2, 0.25) is 0 Å². The van der Waals surface area contributed by atoms with Gasteiger partial charge in [-0.2, -0.15) is 5.10 Å².